The van der Waals surface area contributed by atoms with Crippen molar-refractivity contribution in [3.8, 4) is 0 Å². The summed E-state index contributed by atoms with van der Waals surface area (Å²) < 4.78 is 52.3. The maximum atomic E-state index is 14.2. The molecule has 2 aliphatic rings. The molecule has 1 saturated heterocycles. The first-order chi connectivity index (χ1) is 11.9. The standard InChI is InChI=1S/C19H24F4N2O/c1-17(2)9-18(10-24(3)4)11-25(8-15(17)18)16(26)13-6-5-12(7-14(13)20)19(21,22)23/h5-7,15H,8-11H2,1-4H3/t15-,18+/m1/s1. The van der Waals surface area contributed by atoms with E-state index in [2.05, 4.69) is 18.7 Å². The van der Waals surface area contributed by atoms with Crippen molar-refractivity contribution < 1.29 is 22.4 Å². The Balaban J connectivity index is 1.83. The van der Waals surface area contributed by atoms with Gasteiger partial charge < -0.3 is 9.80 Å². The second-order valence-corrected chi connectivity index (χ2v) is 8.70. The van der Waals surface area contributed by atoms with Crippen molar-refractivity contribution in [2.75, 3.05) is 33.7 Å². The van der Waals surface area contributed by atoms with E-state index in [0.29, 0.717) is 25.1 Å². The largest absolute Gasteiger partial charge is 0.416 e. The number of nitrogens with zero attached hydrogens (tertiary/aromatic N) is 2. The molecule has 0 radical (unpaired) electrons. The quantitative estimate of drug-likeness (QED) is 0.752. The topological polar surface area (TPSA) is 23.6 Å². The molecule has 0 aromatic heterocycles. The number of rotatable bonds is 3. The summed E-state index contributed by atoms with van der Waals surface area (Å²) in [7, 11) is 3.97. The van der Waals surface area contributed by atoms with Gasteiger partial charge in [0, 0.05) is 25.0 Å². The van der Waals surface area contributed by atoms with Crippen molar-refractivity contribution in [2.24, 2.45) is 16.7 Å². The maximum Gasteiger partial charge on any atom is 0.416 e. The van der Waals surface area contributed by atoms with E-state index in [-0.39, 0.29) is 16.4 Å². The van der Waals surface area contributed by atoms with Crippen molar-refractivity contribution in [3.05, 3.63) is 35.1 Å². The van der Waals surface area contributed by atoms with Crippen molar-refractivity contribution in [1.29, 1.82) is 0 Å². The highest BCUT2D eigenvalue weighted by Crippen LogP contribution is 2.63. The summed E-state index contributed by atoms with van der Waals surface area (Å²) in [6.07, 6.45) is -3.66. The Morgan fingerprint density at radius 1 is 1.31 bits per heavy atom. The molecule has 1 aliphatic carbocycles. The minimum Gasteiger partial charge on any atom is -0.338 e. The van der Waals surface area contributed by atoms with E-state index in [1.54, 1.807) is 4.90 Å². The molecule has 1 aliphatic heterocycles. The normalized spacial score (nSPS) is 27.4. The third kappa shape index (κ3) is 3.10. The zero-order valence-electron chi connectivity index (χ0n) is 15.5. The first kappa shape index (κ1) is 19.1. The molecule has 1 heterocycles. The second kappa shape index (κ2) is 5.94. The van der Waals surface area contributed by atoms with Gasteiger partial charge in [0.05, 0.1) is 11.1 Å². The molecule has 0 bridgehead atoms. The van der Waals surface area contributed by atoms with E-state index in [4.69, 9.17) is 0 Å². The van der Waals surface area contributed by atoms with Crippen LogP contribution in [0.25, 0.3) is 0 Å². The Hall–Kier alpha value is -1.63. The van der Waals surface area contributed by atoms with E-state index in [1.165, 1.54) is 0 Å². The minimum absolute atomic E-state index is 0.0228. The van der Waals surface area contributed by atoms with Gasteiger partial charge in [0.1, 0.15) is 5.82 Å². The molecule has 3 nitrogen and oxygen atoms in total. The Morgan fingerprint density at radius 3 is 2.46 bits per heavy atom. The molecule has 2 fully saturated rings. The highest BCUT2D eigenvalue weighted by molar-refractivity contribution is 5.95. The zero-order chi connectivity index (χ0) is 19.5. The molecular formula is C19H24F4N2O. The SMILES string of the molecule is CN(C)C[C@@]12CN(C(=O)c3ccc(C(F)(F)F)cc3F)C[C@@H]1C(C)(C)C2. The van der Waals surface area contributed by atoms with Crippen LogP contribution in [0.4, 0.5) is 17.6 Å². The third-order valence-corrected chi connectivity index (χ3v) is 5.84. The van der Waals surface area contributed by atoms with Crippen molar-refractivity contribution in [3.63, 3.8) is 0 Å². The summed E-state index contributed by atoms with van der Waals surface area (Å²) in [6.45, 7) is 6.19. The fourth-order valence-electron chi connectivity index (χ4n) is 5.16. The van der Waals surface area contributed by atoms with Gasteiger partial charge in [-0.1, -0.05) is 13.8 Å². The summed E-state index contributed by atoms with van der Waals surface area (Å²) >= 11 is 0. The maximum absolute atomic E-state index is 14.2. The fourth-order valence-corrected chi connectivity index (χ4v) is 5.16. The van der Waals surface area contributed by atoms with Crippen molar-refractivity contribution in [1.82, 2.24) is 9.80 Å². The molecule has 7 heteroatoms. The van der Waals surface area contributed by atoms with Crippen LogP contribution >= 0.6 is 0 Å². The minimum atomic E-state index is -4.63. The predicted molar refractivity (Wildman–Crippen MR) is 90.2 cm³/mol. The van der Waals surface area contributed by atoms with Crippen LogP contribution in [0.1, 0.15) is 36.2 Å². The molecule has 0 unspecified atom stereocenters. The lowest BCUT2D eigenvalue weighted by Gasteiger charge is -2.57. The van der Waals surface area contributed by atoms with Crippen LogP contribution in [0.5, 0.6) is 0 Å². The van der Waals surface area contributed by atoms with Crippen LogP contribution < -0.4 is 0 Å². The lowest BCUT2D eigenvalue weighted by Crippen LogP contribution is -2.57. The zero-order valence-corrected chi connectivity index (χ0v) is 15.5. The second-order valence-electron chi connectivity index (χ2n) is 8.70. The molecule has 1 aromatic carbocycles. The molecule has 3 rings (SSSR count). The van der Waals surface area contributed by atoms with E-state index in [9.17, 15) is 22.4 Å². The highest BCUT2D eigenvalue weighted by Gasteiger charge is 2.63. The number of carbonyl (C=O) groups excluding carboxylic acids is 1. The number of likely N-dealkylation sites (tertiary alicyclic amines) is 1. The summed E-state index contributed by atoms with van der Waals surface area (Å²) in [5, 5.41) is 0. The third-order valence-electron chi connectivity index (χ3n) is 5.84. The number of fused-ring (bicyclic) bond motifs is 1. The van der Waals surface area contributed by atoms with Crippen LogP contribution in [0.15, 0.2) is 18.2 Å². The summed E-state index contributed by atoms with van der Waals surface area (Å²) in [6, 6.07) is 2.11. The average Bonchev–Trinajstić information content (AvgIpc) is 2.79. The van der Waals surface area contributed by atoms with E-state index in [0.717, 1.165) is 25.1 Å². The molecule has 144 valence electrons. The Labute approximate surface area is 151 Å². The van der Waals surface area contributed by atoms with Crippen LogP contribution in [0, 0.1) is 22.6 Å². The van der Waals surface area contributed by atoms with Gasteiger partial charge in [-0.25, -0.2) is 4.39 Å². The van der Waals surface area contributed by atoms with Crippen molar-refractivity contribution in [2.45, 2.75) is 26.4 Å². The van der Waals surface area contributed by atoms with Gasteiger partial charge in [-0.05, 0) is 50.0 Å². The van der Waals surface area contributed by atoms with Gasteiger partial charge in [-0.3, -0.25) is 4.79 Å². The number of hydrogen-bond donors (Lipinski definition) is 0. The molecule has 26 heavy (non-hydrogen) atoms. The first-order valence-electron chi connectivity index (χ1n) is 8.66. The Morgan fingerprint density at radius 2 is 1.96 bits per heavy atom. The van der Waals surface area contributed by atoms with E-state index < -0.39 is 23.5 Å². The monoisotopic (exact) mass is 372 g/mol. The Kier molecular flexibility index (Phi) is 4.37. The molecular weight excluding hydrogens is 348 g/mol. The average molecular weight is 372 g/mol. The molecule has 1 aromatic rings. The van der Waals surface area contributed by atoms with Gasteiger partial charge >= 0.3 is 6.18 Å². The fraction of sp³-hybridized carbons (Fsp3) is 0.632. The lowest BCUT2D eigenvalue weighted by atomic mass is 9.48. The molecule has 0 spiro atoms. The number of amides is 1. The smallest absolute Gasteiger partial charge is 0.338 e. The Bertz CT molecular complexity index is 725. The first-order valence-corrected chi connectivity index (χ1v) is 8.66. The number of alkyl halides is 3. The van der Waals surface area contributed by atoms with E-state index >= 15 is 0 Å². The highest BCUT2D eigenvalue weighted by atomic mass is 19.4. The molecule has 0 N–H and O–H groups in total. The number of halogens is 4. The van der Waals surface area contributed by atoms with Crippen molar-refractivity contribution >= 4 is 5.91 Å². The van der Waals surface area contributed by atoms with Crippen LogP contribution in [0.3, 0.4) is 0 Å². The summed E-state index contributed by atoms with van der Waals surface area (Å²) in [5.74, 6) is -1.34. The van der Waals surface area contributed by atoms with E-state index in [1.807, 2.05) is 14.1 Å². The number of hydrogen-bond acceptors (Lipinski definition) is 2. The van der Waals surface area contributed by atoms with Crippen LogP contribution in [0.2, 0.25) is 0 Å². The van der Waals surface area contributed by atoms with Gasteiger partial charge in [0.25, 0.3) is 5.91 Å². The van der Waals surface area contributed by atoms with Gasteiger partial charge in [-0.15, -0.1) is 0 Å². The summed E-state index contributed by atoms with van der Waals surface area (Å²) in [4.78, 5) is 16.5. The molecule has 1 saturated carbocycles. The molecule has 1 amide bonds. The predicted octanol–water partition coefficient (Wildman–Crippen LogP) is 3.89. The van der Waals surface area contributed by atoms with Crippen LogP contribution in [-0.4, -0.2) is 49.4 Å². The lowest BCUT2D eigenvalue weighted by molar-refractivity contribution is -0.137. The number of benzene rings is 1. The summed E-state index contributed by atoms with van der Waals surface area (Å²) in [5.41, 5.74) is -1.30. The molecule has 2 atom stereocenters. The van der Waals surface area contributed by atoms with Gasteiger partial charge in [0.15, 0.2) is 0 Å². The van der Waals surface area contributed by atoms with Crippen LogP contribution in [-0.2, 0) is 6.18 Å². The number of carbonyl (C=O) groups is 1. The van der Waals surface area contributed by atoms with Gasteiger partial charge in [0.2, 0.25) is 0 Å². The van der Waals surface area contributed by atoms with Gasteiger partial charge in [-0.2, -0.15) is 13.2 Å².